The van der Waals surface area contributed by atoms with Crippen molar-refractivity contribution >= 4 is 27.8 Å². The summed E-state index contributed by atoms with van der Waals surface area (Å²) in [7, 11) is 0. The van der Waals surface area contributed by atoms with Gasteiger partial charge in [0.1, 0.15) is 12.5 Å². The number of hydrogen-bond acceptors (Lipinski definition) is 2. The zero-order valence-corrected chi connectivity index (χ0v) is 16.3. The molecule has 0 radical (unpaired) electrons. The third-order valence-corrected chi connectivity index (χ3v) is 5.85. The number of esters is 1. The first-order valence-corrected chi connectivity index (χ1v) is 10.2. The smallest absolute Gasteiger partial charge is 0.314 e. The van der Waals surface area contributed by atoms with E-state index < -0.39 is 0 Å². The molecule has 1 aliphatic rings. The summed E-state index contributed by atoms with van der Waals surface area (Å²) in [4.78, 5) is 13.6. The zero-order valence-electron chi connectivity index (χ0n) is 16.3. The lowest BCUT2D eigenvalue weighted by atomic mass is 9.97. The summed E-state index contributed by atoms with van der Waals surface area (Å²) in [6.45, 7) is 8.51. The summed E-state index contributed by atoms with van der Waals surface area (Å²) < 4.78 is 7.63. The van der Waals surface area contributed by atoms with Crippen LogP contribution in [0.25, 0.3) is 21.8 Å². The molecule has 2 aromatic carbocycles. The molecular formula is C23H29N2O2+. The van der Waals surface area contributed by atoms with Crippen molar-refractivity contribution in [1.82, 2.24) is 4.57 Å². The molecule has 1 aromatic heterocycles. The largest absolute Gasteiger partial charge is 0.466 e. The van der Waals surface area contributed by atoms with E-state index in [1.165, 1.54) is 32.3 Å². The van der Waals surface area contributed by atoms with E-state index in [0.717, 1.165) is 39.0 Å². The van der Waals surface area contributed by atoms with Crippen LogP contribution >= 0.6 is 0 Å². The maximum absolute atomic E-state index is 12.1. The summed E-state index contributed by atoms with van der Waals surface area (Å²) >= 11 is 0. The highest BCUT2D eigenvalue weighted by Crippen LogP contribution is 2.29. The van der Waals surface area contributed by atoms with Gasteiger partial charge in [0.05, 0.1) is 19.7 Å². The molecule has 142 valence electrons. The minimum absolute atomic E-state index is 0.0174. The second-order valence-electron chi connectivity index (χ2n) is 7.59. The number of piperidine rings is 1. The number of aryl methyl sites for hydroxylation is 1. The SMILES string of the molecule is CCOC(=O)[C@H]1CCC[NH+](Cc2ccc3c(c2)c2ccccc2n3CC)C1. The number of hydrogen-bond donors (Lipinski definition) is 1. The lowest BCUT2D eigenvalue weighted by Gasteiger charge is -2.28. The first-order chi connectivity index (χ1) is 13.2. The topological polar surface area (TPSA) is 35.7 Å². The standard InChI is InChI=1S/C23H28N2O2/c1-3-25-21-10-6-5-9-19(21)20-14-17(11-12-22(20)25)15-24-13-7-8-18(16-24)23(26)27-4-2/h5-6,9-12,14,18H,3-4,7-8,13,15-16H2,1-2H3/p+1/t18-/m0/s1. The van der Waals surface area contributed by atoms with Gasteiger partial charge in [-0.2, -0.15) is 0 Å². The highest BCUT2D eigenvalue weighted by molar-refractivity contribution is 6.08. The van der Waals surface area contributed by atoms with Gasteiger partial charge in [-0.3, -0.25) is 4.79 Å². The van der Waals surface area contributed by atoms with Crippen LogP contribution in [0.5, 0.6) is 0 Å². The minimum Gasteiger partial charge on any atom is -0.466 e. The number of para-hydroxylation sites is 1. The Balaban J connectivity index is 1.59. The quantitative estimate of drug-likeness (QED) is 0.705. The molecule has 0 spiro atoms. The molecule has 4 rings (SSSR count). The Labute approximate surface area is 160 Å². The van der Waals surface area contributed by atoms with E-state index in [0.29, 0.717) is 6.61 Å². The second-order valence-corrected chi connectivity index (χ2v) is 7.59. The van der Waals surface area contributed by atoms with Gasteiger partial charge in [-0.25, -0.2) is 0 Å². The Morgan fingerprint density at radius 2 is 1.96 bits per heavy atom. The molecule has 3 aromatic rings. The number of nitrogens with one attached hydrogen (secondary N) is 1. The maximum atomic E-state index is 12.1. The van der Waals surface area contributed by atoms with Gasteiger partial charge in [0.15, 0.2) is 0 Å². The van der Waals surface area contributed by atoms with E-state index in [2.05, 4.69) is 54.0 Å². The molecule has 2 atom stereocenters. The first kappa shape index (κ1) is 18.1. The Bertz CT molecular complexity index is 960. The van der Waals surface area contributed by atoms with Crippen molar-refractivity contribution in [1.29, 1.82) is 0 Å². The molecule has 1 saturated heterocycles. The van der Waals surface area contributed by atoms with E-state index in [9.17, 15) is 4.79 Å². The Morgan fingerprint density at radius 3 is 2.78 bits per heavy atom. The fourth-order valence-electron chi connectivity index (χ4n) is 4.61. The van der Waals surface area contributed by atoms with Gasteiger partial charge in [-0.15, -0.1) is 0 Å². The normalized spacial score (nSPS) is 20.2. The van der Waals surface area contributed by atoms with Crippen LogP contribution in [0, 0.1) is 5.92 Å². The molecule has 1 aliphatic heterocycles. The van der Waals surface area contributed by atoms with Crippen molar-refractivity contribution in [3.05, 3.63) is 48.0 Å². The van der Waals surface area contributed by atoms with Crippen LogP contribution in [-0.4, -0.2) is 30.2 Å². The van der Waals surface area contributed by atoms with Crippen LogP contribution in [0.3, 0.4) is 0 Å². The molecule has 1 unspecified atom stereocenters. The molecule has 0 bridgehead atoms. The second kappa shape index (κ2) is 7.73. The Hall–Kier alpha value is -2.33. The average molecular weight is 365 g/mol. The van der Waals surface area contributed by atoms with E-state index >= 15 is 0 Å². The molecule has 0 amide bonds. The highest BCUT2D eigenvalue weighted by Gasteiger charge is 2.29. The summed E-state index contributed by atoms with van der Waals surface area (Å²) in [5.41, 5.74) is 3.96. The van der Waals surface area contributed by atoms with Crippen LogP contribution in [0.15, 0.2) is 42.5 Å². The molecule has 4 nitrogen and oxygen atoms in total. The highest BCUT2D eigenvalue weighted by atomic mass is 16.5. The third kappa shape index (κ3) is 3.46. The summed E-state index contributed by atoms with van der Waals surface area (Å²) in [6, 6.07) is 15.5. The third-order valence-electron chi connectivity index (χ3n) is 5.85. The summed E-state index contributed by atoms with van der Waals surface area (Å²) in [6.07, 6.45) is 2.06. The lowest BCUT2D eigenvalue weighted by molar-refractivity contribution is -0.921. The minimum atomic E-state index is -0.0174. The molecule has 1 fully saturated rings. The van der Waals surface area contributed by atoms with Gasteiger partial charge in [0, 0.05) is 33.9 Å². The van der Waals surface area contributed by atoms with Gasteiger partial charge >= 0.3 is 5.97 Å². The zero-order chi connectivity index (χ0) is 18.8. The van der Waals surface area contributed by atoms with Crippen molar-refractivity contribution in [3.8, 4) is 0 Å². The predicted molar refractivity (Wildman–Crippen MR) is 109 cm³/mol. The van der Waals surface area contributed by atoms with Crippen LogP contribution in [0.1, 0.15) is 32.3 Å². The number of ether oxygens (including phenoxy) is 1. The van der Waals surface area contributed by atoms with E-state index in [4.69, 9.17) is 4.74 Å². The molecule has 27 heavy (non-hydrogen) atoms. The maximum Gasteiger partial charge on any atom is 0.314 e. The monoisotopic (exact) mass is 365 g/mol. The number of quaternary nitrogens is 1. The van der Waals surface area contributed by atoms with Crippen LogP contribution < -0.4 is 4.90 Å². The number of aromatic nitrogens is 1. The van der Waals surface area contributed by atoms with E-state index in [1.807, 2.05) is 6.92 Å². The van der Waals surface area contributed by atoms with Gasteiger partial charge in [0.25, 0.3) is 0 Å². The number of nitrogens with zero attached hydrogens (tertiary/aromatic N) is 1. The Morgan fingerprint density at radius 1 is 1.15 bits per heavy atom. The van der Waals surface area contributed by atoms with Crippen molar-refractivity contribution in [2.45, 2.75) is 39.8 Å². The van der Waals surface area contributed by atoms with Crippen LogP contribution in [-0.2, 0) is 22.6 Å². The van der Waals surface area contributed by atoms with Gasteiger partial charge in [-0.05, 0) is 44.9 Å². The van der Waals surface area contributed by atoms with Crippen molar-refractivity contribution in [2.75, 3.05) is 19.7 Å². The lowest BCUT2D eigenvalue weighted by Crippen LogP contribution is -3.12. The number of benzene rings is 2. The Kier molecular flexibility index (Phi) is 5.17. The average Bonchev–Trinajstić information content (AvgIpc) is 3.01. The molecule has 4 heteroatoms. The fraction of sp³-hybridized carbons (Fsp3) is 0.435. The molecule has 2 heterocycles. The van der Waals surface area contributed by atoms with Crippen molar-refractivity contribution < 1.29 is 14.4 Å². The number of carbonyl (C=O) groups is 1. The molecular weight excluding hydrogens is 336 g/mol. The number of rotatable bonds is 5. The van der Waals surface area contributed by atoms with Gasteiger partial charge < -0.3 is 14.2 Å². The first-order valence-electron chi connectivity index (χ1n) is 10.2. The van der Waals surface area contributed by atoms with Crippen molar-refractivity contribution in [2.24, 2.45) is 5.92 Å². The predicted octanol–water partition coefficient (Wildman–Crippen LogP) is 3.17. The summed E-state index contributed by atoms with van der Waals surface area (Å²) in [5.74, 6) is 0.0376. The number of fused-ring (bicyclic) bond motifs is 3. The van der Waals surface area contributed by atoms with E-state index in [-0.39, 0.29) is 11.9 Å². The van der Waals surface area contributed by atoms with Gasteiger partial charge in [-0.1, -0.05) is 24.3 Å². The van der Waals surface area contributed by atoms with Crippen molar-refractivity contribution in [3.63, 3.8) is 0 Å². The number of likely N-dealkylation sites (tertiary alicyclic amines) is 1. The van der Waals surface area contributed by atoms with Crippen LogP contribution in [0.2, 0.25) is 0 Å². The fourth-order valence-corrected chi connectivity index (χ4v) is 4.61. The summed E-state index contributed by atoms with van der Waals surface area (Å²) in [5, 5.41) is 2.66. The molecule has 0 saturated carbocycles. The van der Waals surface area contributed by atoms with Crippen LogP contribution in [0.4, 0.5) is 0 Å². The molecule has 1 N–H and O–H groups in total. The number of carbonyl (C=O) groups excluding carboxylic acids is 1. The van der Waals surface area contributed by atoms with E-state index in [1.54, 1.807) is 0 Å². The molecule has 0 aliphatic carbocycles. The van der Waals surface area contributed by atoms with Gasteiger partial charge in [0.2, 0.25) is 0 Å².